The molecule has 176 valence electrons. The molecule has 0 aliphatic carbocycles. The summed E-state index contributed by atoms with van der Waals surface area (Å²) < 4.78 is 18.0. The molecule has 0 saturated carbocycles. The van der Waals surface area contributed by atoms with Crippen LogP contribution in [0.15, 0.2) is 67.8 Å². The number of carbonyl (C=O) groups is 1. The minimum Gasteiger partial charge on any atom is -0.490 e. The maximum absolute atomic E-state index is 12.7. The second-order valence-corrected chi connectivity index (χ2v) is 9.74. The van der Waals surface area contributed by atoms with Crippen LogP contribution in [0.4, 0.5) is 0 Å². The summed E-state index contributed by atoms with van der Waals surface area (Å²) in [5.74, 6) is 2.04. The van der Waals surface area contributed by atoms with Crippen LogP contribution in [-0.2, 0) is 6.42 Å². The zero-order valence-corrected chi connectivity index (χ0v) is 20.7. The van der Waals surface area contributed by atoms with Crippen LogP contribution in [0.25, 0.3) is 6.08 Å². The first-order chi connectivity index (χ1) is 15.4. The van der Waals surface area contributed by atoms with Crippen LogP contribution < -0.4 is 14.2 Å². The lowest BCUT2D eigenvalue weighted by molar-refractivity contribution is 0.104. The number of ether oxygens (including phenoxy) is 3. The number of hydrogen-bond donors (Lipinski definition) is 0. The fourth-order valence-electron chi connectivity index (χ4n) is 3.06. The van der Waals surface area contributed by atoms with Gasteiger partial charge >= 0.3 is 0 Å². The van der Waals surface area contributed by atoms with E-state index in [0.29, 0.717) is 24.3 Å². The molecule has 0 bridgehead atoms. The molecule has 4 heteroatoms. The third-order valence-corrected chi connectivity index (χ3v) is 4.30. The van der Waals surface area contributed by atoms with E-state index in [0.717, 1.165) is 22.6 Å². The fraction of sp³-hybridized carbons (Fsp3) is 0.345. The smallest absolute Gasteiger partial charge is 0.185 e. The molecule has 0 N–H and O–H groups in total. The first kappa shape index (κ1) is 26.0. The molecule has 0 saturated heterocycles. The topological polar surface area (TPSA) is 44.8 Å². The Balaban J connectivity index is 2.39. The summed E-state index contributed by atoms with van der Waals surface area (Å²) in [6, 6.07) is 10.9. The van der Waals surface area contributed by atoms with E-state index < -0.39 is 0 Å². The van der Waals surface area contributed by atoms with Gasteiger partial charge in [-0.05, 0) is 96.0 Å². The van der Waals surface area contributed by atoms with Gasteiger partial charge in [-0.2, -0.15) is 0 Å². The SMILES string of the molecule is C=CCOc1ccc(C(=O)/C=C/c2cc(OC(C)(C)C)c(CC=C)c(OC(C)(C)C)c2)cc1. The Morgan fingerprint density at radius 3 is 1.88 bits per heavy atom. The van der Waals surface area contributed by atoms with Crippen LogP contribution in [0, 0.1) is 0 Å². The Hall–Kier alpha value is -3.27. The van der Waals surface area contributed by atoms with Crippen molar-refractivity contribution < 1.29 is 19.0 Å². The molecule has 0 heterocycles. The van der Waals surface area contributed by atoms with Gasteiger partial charge in [0.25, 0.3) is 0 Å². The van der Waals surface area contributed by atoms with Gasteiger partial charge in [0.1, 0.15) is 35.1 Å². The third kappa shape index (κ3) is 8.64. The van der Waals surface area contributed by atoms with Crippen LogP contribution in [0.2, 0.25) is 0 Å². The van der Waals surface area contributed by atoms with Crippen LogP contribution >= 0.6 is 0 Å². The van der Waals surface area contributed by atoms with Crippen molar-refractivity contribution in [3.05, 3.63) is 84.5 Å². The zero-order chi connectivity index (χ0) is 24.6. The fourth-order valence-corrected chi connectivity index (χ4v) is 3.06. The predicted molar refractivity (Wildman–Crippen MR) is 137 cm³/mol. The lowest BCUT2D eigenvalue weighted by Gasteiger charge is -2.28. The van der Waals surface area contributed by atoms with E-state index in [-0.39, 0.29) is 17.0 Å². The Bertz CT molecular complexity index is 962. The van der Waals surface area contributed by atoms with Gasteiger partial charge in [-0.15, -0.1) is 6.58 Å². The molecule has 2 aromatic carbocycles. The lowest BCUT2D eigenvalue weighted by Crippen LogP contribution is -2.26. The van der Waals surface area contributed by atoms with Gasteiger partial charge in [-0.1, -0.05) is 24.8 Å². The summed E-state index contributed by atoms with van der Waals surface area (Å²) in [6.45, 7) is 20.0. The molecule has 0 aliphatic rings. The maximum Gasteiger partial charge on any atom is 0.185 e. The molecule has 2 rings (SSSR count). The average Bonchev–Trinajstić information content (AvgIpc) is 2.71. The van der Waals surface area contributed by atoms with Gasteiger partial charge in [-0.3, -0.25) is 4.79 Å². The number of rotatable bonds is 10. The molecule has 4 nitrogen and oxygen atoms in total. The van der Waals surface area contributed by atoms with Crippen molar-refractivity contribution >= 4 is 11.9 Å². The van der Waals surface area contributed by atoms with E-state index >= 15 is 0 Å². The van der Waals surface area contributed by atoms with Gasteiger partial charge in [-0.25, -0.2) is 0 Å². The van der Waals surface area contributed by atoms with E-state index in [4.69, 9.17) is 14.2 Å². The molecule has 0 radical (unpaired) electrons. The molecule has 0 atom stereocenters. The molecule has 0 fully saturated rings. The molecule has 0 aliphatic heterocycles. The summed E-state index contributed by atoms with van der Waals surface area (Å²) in [5, 5.41) is 0. The monoisotopic (exact) mass is 448 g/mol. The summed E-state index contributed by atoms with van der Waals surface area (Å²) in [7, 11) is 0. The Morgan fingerprint density at radius 1 is 0.879 bits per heavy atom. The highest BCUT2D eigenvalue weighted by atomic mass is 16.5. The van der Waals surface area contributed by atoms with E-state index in [1.807, 2.05) is 59.8 Å². The molecular weight excluding hydrogens is 412 g/mol. The van der Waals surface area contributed by atoms with E-state index in [1.54, 1.807) is 42.5 Å². The van der Waals surface area contributed by atoms with Crippen LogP contribution in [0.3, 0.4) is 0 Å². The molecule has 33 heavy (non-hydrogen) atoms. The van der Waals surface area contributed by atoms with Crippen molar-refractivity contribution in [3.63, 3.8) is 0 Å². The Kier molecular flexibility index (Phi) is 8.69. The number of allylic oxidation sites excluding steroid dienone is 2. The molecule has 2 aromatic rings. The molecular formula is C29H36O4. The van der Waals surface area contributed by atoms with Crippen molar-refractivity contribution in [1.29, 1.82) is 0 Å². The minimum absolute atomic E-state index is 0.1000. The van der Waals surface area contributed by atoms with Crippen LogP contribution in [0.1, 0.15) is 63.0 Å². The summed E-state index contributed by atoms with van der Waals surface area (Å²) in [4.78, 5) is 12.7. The van der Waals surface area contributed by atoms with Crippen molar-refractivity contribution in [1.82, 2.24) is 0 Å². The number of carbonyl (C=O) groups excluding carboxylic acids is 1. The third-order valence-electron chi connectivity index (χ3n) is 4.30. The predicted octanol–water partition coefficient (Wildman–Crippen LogP) is 7.23. The van der Waals surface area contributed by atoms with E-state index in [9.17, 15) is 4.79 Å². The Morgan fingerprint density at radius 2 is 1.42 bits per heavy atom. The first-order valence-corrected chi connectivity index (χ1v) is 11.1. The van der Waals surface area contributed by atoms with Crippen molar-refractivity contribution in [3.8, 4) is 17.2 Å². The zero-order valence-electron chi connectivity index (χ0n) is 20.7. The van der Waals surface area contributed by atoms with Gasteiger partial charge in [0, 0.05) is 11.1 Å². The normalized spacial score (nSPS) is 11.8. The Labute approximate surface area is 198 Å². The van der Waals surface area contributed by atoms with Gasteiger partial charge in [0.15, 0.2) is 5.78 Å². The average molecular weight is 449 g/mol. The van der Waals surface area contributed by atoms with Crippen molar-refractivity contribution in [2.75, 3.05) is 6.61 Å². The van der Waals surface area contributed by atoms with Gasteiger partial charge in [0.2, 0.25) is 0 Å². The second-order valence-electron chi connectivity index (χ2n) is 9.74. The van der Waals surface area contributed by atoms with Crippen molar-refractivity contribution in [2.45, 2.75) is 59.2 Å². The number of hydrogen-bond acceptors (Lipinski definition) is 4. The second kappa shape index (κ2) is 11.0. The highest BCUT2D eigenvalue weighted by molar-refractivity contribution is 6.06. The van der Waals surface area contributed by atoms with E-state index in [2.05, 4.69) is 13.2 Å². The molecule has 0 spiro atoms. The van der Waals surface area contributed by atoms with Crippen LogP contribution in [-0.4, -0.2) is 23.6 Å². The summed E-state index contributed by atoms with van der Waals surface area (Å²) in [5.41, 5.74) is 1.57. The maximum atomic E-state index is 12.7. The van der Waals surface area contributed by atoms with E-state index in [1.165, 1.54) is 0 Å². The number of ketones is 1. The highest BCUT2D eigenvalue weighted by Crippen LogP contribution is 2.36. The van der Waals surface area contributed by atoms with Gasteiger partial charge < -0.3 is 14.2 Å². The first-order valence-electron chi connectivity index (χ1n) is 11.1. The van der Waals surface area contributed by atoms with Gasteiger partial charge in [0.05, 0.1) is 0 Å². The molecule has 0 amide bonds. The quantitative estimate of drug-likeness (QED) is 0.218. The summed E-state index contributed by atoms with van der Waals surface area (Å²) in [6.07, 6.45) is 7.47. The highest BCUT2D eigenvalue weighted by Gasteiger charge is 2.21. The lowest BCUT2D eigenvalue weighted by atomic mass is 10.0. The molecule has 0 unspecified atom stereocenters. The van der Waals surface area contributed by atoms with Crippen LogP contribution in [0.5, 0.6) is 17.2 Å². The largest absolute Gasteiger partial charge is 0.490 e. The van der Waals surface area contributed by atoms with Crippen molar-refractivity contribution in [2.24, 2.45) is 0 Å². The number of benzene rings is 2. The minimum atomic E-state index is -0.386. The summed E-state index contributed by atoms with van der Waals surface area (Å²) >= 11 is 0. The molecule has 0 aromatic heterocycles. The standard InChI is InChI=1S/C29H36O4/c1-9-11-24-26(32-28(3,4)5)19-21(20-27(24)33-29(6,7)8)12-17-25(30)22-13-15-23(16-14-22)31-18-10-2/h9-10,12-17,19-20H,1-2,11,18H2,3-8H3/b17-12+.